The van der Waals surface area contributed by atoms with E-state index in [0.717, 1.165) is 22.5 Å². The molecule has 7 nitrogen and oxygen atoms in total. The minimum atomic E-state index is -0.488. The monoisotopic (exact) mass is 419 g/mol. The van der Waals surface area contributed by atoms with Gasteiger partial charge in [0.2, 0.25) is 11.8 Å². The first kappa shape index (κ1) is 21.8. The molecule has 0 fully saturated rings. The summed E-state index contributed by atoms with van der Waals surface area (Å²) in [5, 5.41) is 3.19. The number of esters is 1. The van der Waals surface area contributed by atoms with Gasteiger partial charge in [-0.1, -0.05) is 42.5 Å². The molecule has 0 amide bonds. The van der Waals surface area contributed by atoms with Crippen molar-refractivity contribution in [3.63, 3.8) is 0 Å². The summed E-state index contributed by atoms with van der Waals surface area (Å²) in [6, 6.07) is 17.1. The topological polar surface area (TPSA) is 82.6 Å². The van der Waals surface area contributed by atoms with Crippen LogP contribution < -0.4 is 10.1 Å². The maximum Gasteiger partial charge on any atom is 0.341 e. The van der Waals surface area contributed by atoms with E-state index in [-0.39, 0.29) is 6.61 Å². The lowest BCUT2D eigenvalue weighted by atomic mass is 10.0. The second-order valence-corrected chi connectivity index (χ2v) is 6.76. The number of carbonyl (C=O) groups is 1. The van der Waals surface area contributed by atoms with Crippen LogP contribution >= 0.6 is 0 Å². The molecule has 0 radical (unpaired) electrons. The molecule has 0 saturated carbocycles. The van der Waals surface area contributed by atoms with Crippen molar-refractivity contribution in [3.05, 3.63) is 83.2 Å². The number of nitrogens with one attached hydrogen (secondary N) is 1. The SMILES string of the molecule is CO/C=C(/C(=O)OC)c1ccccc1COc1nc(Nc2ccccc2)nc(C)c1C. The molecular formula is C24H25N3O4. The second kappa shape index (κ2) is 10.2. The Hall–Kier alpha value is -3.87. The Morgan fingerprint density at radius 3 is 2.42 bits per heavy atom. The number of aromatic nitrogens is 2. The fourth-order valence-corrected chi connectivity index (χ4v) is 2.95. The van der Waals surface area contributed by atoms with Crippen molar-refractivity contribution >= 4 is 23.2 Å². The van der Waals surface area contributed by atoms with Gasteiger partial charge in [-0.25, -0.2) is 9.78 Å². The number of benzene rings is 2. The number of aryl methyl sites for hydroxylation is 1. The van der Waals surface area contributed by atoms with E-state index in [1.165, 1.54) is 20.5 Å². The van der Waals surface area contributed by atoms with Crippen LogP contribution in [-0.2, 0) is 20.9 Å². The van der Waals surface area contributed by atoms with E-state index in [1.807, 2.05) is 68.4 Å². The number of nitrogens with zero attached hydrogens (tertiary/aromatic N) is 2. The molecule has 31 heavy (non-hydrogen) atoms. The Labute approximate surface area is 181 Å². The molecule has 0 aliphatic heterocycles. The number of para-hydroxylation sites is 1. The molecule has 3 aromatic rings. The van der Waals surface area contributed by atoms with Crippen molar-refractivity contribution in [2.45, 2.75) is 20.5 Å². The number of hydrogen-bond donors (Lipinski definition) is 1. The smallest absolute Gasteiger partial charge is 0.341 e. The van der Waals surface area contributed by atoms with Crippen LogP contribution in [0.5, 0.6) is 5.88 Å². The third-order valence-corrected chi connectivity index (χ3v) is 4.69. The molecule has 0 unspecified atom stereocenters. The molecular weight excluding hydrogens is 394 g/mol. The molecule has 0 bridgehead atoms. The van der Waals surface area contributed by atoms with E-state index in [9.17, 15) is 4.79 Å². The summed E-state index contributed by atoms with van der Waals surface area (Å²) in [4.78, 5) is 21.2. The Kier molecular flexibility index (Phi) is 7.22. The molecule has 7 heteroatoms. The summed E-state index contributed by atoms with van der Waals surface area (Å²) < 4.78 is 16.0. The molecule has 0 atom stereocenters. The maximum absolute atomic E-state index is 12.2. The fraction of sp³-hybridized carbons (Fsp3) is 0.208. The van der Waals surface area contributed by atoms with Crippen LogP contribution in [0.15, 0.2) is 60.9 Å². The number of anilines is 2. The van der Waals surface area contributed by atoms with Crippen molar-refractivity contribution in [1.29, 1.82) is 0 Å². The summed E-state index contributed by atoms with van der Waals surface area (Å²) in [6.07, 6.45) is 1.37. The zero-order chi connectivity index (χ0) is 22.2. The van der Waals surface area contributed by atoms with Crippen molar-refractivity contribution in [1.82, 2.24) is 9.97 Å². The second-order valence-electron chi connectivity index (χ2n) is 6.76. The van der Waals surface area contributed by atoms with Gasteiger partial charge in [0.15, 0.2) is 0 Å². The van der Waals surface area contributed by atoms with Gasteiger partial charge in [-0.05, 0) is 37.1 Å². The van der Waals surface area contributed by atoms with Crippen molar-refractivity contribution in [3.8, 4) is 5.88 Å². The number of methoxy groups -OCH3 is 2. The maximum atomic E-state index is 12.2. The van der Waals surface area contributed by atoms with Gasteiger partial charge >= 0.3 is 5.97 Å². The van der Waals surface area contributed by atoms with Gasteiger partial charge < -0.3 is 19.5 Å². The van der Waals surface area contributed by atoms with Gasteiger partial charge in [-0.15, -0.1) is 0 Å². The molecule has 0 aliphatic carbocycles. The quantitative estimate of drug-likeness (QED) is 0.325. The highest BCUT2D eigenvalue weighted by molar-refractivity contribution is 6.16. The first-order valence-corrected chi connectivity index (χ1v) is 9.73. The molecule has 2 aromatic carbocycles. The minimum absolute atomic E-state index is 0.205. The molecule has 1 aromatic heterocycles. The molecule has 160 valence electrons. The molecule has 0 spiro atoms. The predicted octanol–water partition coefficient (Wildman–Crippen LogP) is 4.58. The summed E-state index contributed by atoms with van der Waals surface area (Å²) >= 11 is 0. The Morgan fingerprint density at radius 1 is 1.00 bits per heavy atom. The first-order valence-electron chi connectivity index (χ1n) is 9.73. The number of hydrogen-bond acceptors (Lipinski definition) is 7. The van der Waals surface area contributed by atoms with Crippen LogP contribution in [0.3, 0.4) is 0 Å². The fourth-order valence-electron chi connectivity index (χ4n) is 2.95. The average Bonchev–Trinajstić information content (AvgIpc) is 2.79. The van der Waals surface area contributed by atoms with Crippen LogP contribution in [0.4, 0.5) is 11.6 Å². The van der Waals surface area contributed by atoms with E-state index in [2.05, 4.69) is 15.3 Å². The standard InChI is InChI=1S/C24H25N3O4/c1-16-17(2)25-24(26-19-11-6-5-7-12-19)27-22(16)31-14-18-10-8-9-13-20(18)21(15-29-3)23(28)30-4/h5-13,15H,14H2,1-4H3,(H,25,26,27)/b21-15+. The average molecular weight is 419 g/mol. The number of carbonyl (C=O) groups excluding carboxylic acids is 1. The van der Waals surface area contributed by atoms with E-state index >= 15 is 0 Å². The van der Waals surface area contributed by atoms with E-state index in [0.29, 0.717) is 23.0 Å². The molecule has 1 heterocycles. The summed E-state index contributed by atoms with van der Waals surface area (Å²) in [5.41, 5.74) is 4.32. The number of ether oxygens (including phenoxy) is 3. The van der Waals surface area contributed by atoms with E-state index in [1.54, 1.807) is 0 Å². The molecule has 0 aliphatic rings. The molecule has 0 saturated heterocycles. The van der Waals surface area contributed by atoms with Crippen LogP contribution in [-0.4, -0.2) is 30.2 Å². The van der Waals surface area contributed by atoms with Crippen LogP contribution in [0, 0.1) is 13.8 Å². The summed E-state index contributed by atoms with van der Waals surface area (Å²) in [6.45, 7) is 4.02. The van der Waals surface area contributed by atoms with Gasteiger partial charge in [0, 0.05) is 16.9 Å². The van der Waals surface area contributed by atoms with Gasteiger partial charge in [0.05, 0.1) is 20.5 Å². The Morgan fingerprint density at radius 2 is 1.71 bits per heavy atom. The van der Waals surface area contributed by atoms with Crippen molar-refractivity contribution in [2.24, 2.45) is 0 Å². The highest BCUT2D eigenvalue weighted by Crippen LogP contribution is 2.25. The zero-order valence-corrected chi connectivity index (χ0v) is 18.0. The Bertz CT molecular complexity index is 1080. The van der Waals surface area contributed by atoms with Gasteiger partial charge in [0.1, 0.15) is 12.2 Å². The van der Waals surface area contributed by atoms with E-state index in [4.69, 9.17) is 14.2 Å². The normalized spacial score (nSPS) is 11.0. The molecule has 1 N–H and O–H groups in total. The zero-order valence-electron chi connectivity index (χ0n) is 18.0. The highest BCUT2D eigenvalue weighted by Gasteiger charge is 2.18. The first-order chi connectivity index (χ1) is 15.0. The van der Waals surface area contributed by atoms with Crippen LogP contribution in [0.2, 0.25) is 0 Å². The summed E-state index contributed by atoms with van der Waals surface area (Å²) in [7, 11) is 2.82. The number of rotatable bonds is 8. The van der Waals surface area contributed by atoms with Crippen molar-refractivity contribution < 1.29 is 19.0 Å². The Balaban J connectivity index is 1.86. The third kappa shape index (κ3) is 5.39. The van der Waals surface area contributed by atoms with Crippen LogP contribution in [0.25, 0.3) is 5.57 Å². The van der Waals surface area contributed by atoms with Gasteiger partial charge in [-0.2, -0.15) is 4.98 Å². The minimum Gasteiger partial charge on any atom is -0.503 e. The lowest BCUT2D eigenvalue weighted by Crippen LogP contribution is -2.10. The van der Waals surface area contributed by atoms with Crippen LogP contribution in [0.1, 0.15) is 22.4 Å². The third-order valence-electron chi connectivity index (χ3n) is 4.69. The van der Waals surface area contributed by atoms with E-state index < -0.39 is 5.97 Å². The molecule has 3 rings (SSSR count). The van der Waals surface area contributed by atoms with Gasteiger partial charge in [0.25, 0.3) is 0 Å². The summed E-state index contributed by atoms with van der Waals surface area (Å²) in [5.74, 6) is 0.431. The van der Waals surface area contributed by atoms with Crippen molar-refractivity contribution in [2.75, 3.05) is 19.5 Å². The highest BCUT2D eigenvalue weighted by atomic mass is 16.5. The van der Waals surface area contributed by atoms with Gasteiger partial charge in [-0.3, -0.25) is 0 Å². The lowest BCUT2D eigenvalue weighted by molar-refractivity contribution is -0.133. The predicted molar refractivity (Wildman–Crippen MR) is 119 cm³/mol. The largest absolute Gasteiger partial charge is 0.503 e. The lowest BCUT2D eigenvalue weighted by Gasteiger charge is -2.15.